The highest BCUT2D eigenvalue weighted by Crippen LogP contribution is 2.25. The van der Waals surface area contributed by atoms with E-state index in [1.807, 2.05) is 37.8 Å². The van der Waals surface area contributed by atoms with E-state index in [2.05, 4.69) is 15.3 Å². The molecule has 9 nitrogen and oxygen atoms in total. The van der Waals surface area contributed by atoms with E-state index in [9.17, 15) is 9.90 Å². The first-order valence-electron chi connectivity index (χ1n) is 10.3. The van der Waals surface area contributed by atoms with E-state index in [4.69, 9.17) is 21.7 Å². The summed E-state index contributed by atoms with van der Waals surface area (Å²) in [4.78, 5) is 24.7. The molecule has 172 valence electrons. The Morgan fingerprint density at radius 2 is 2.09 bits per heavy atom. The first-order chi connectivity index (χ1) is 15.0. The van der Waals surface area contributed by atoms with E-state index in [0.29, 0.717) is 47.7 Å². The van der Waals surface area contributed by atoms with Gasteiger partial charge in [0.25, 0.3) is 0 Å². The average molecular weight is 461 g/mol. The third-order valence-electron chi connectivity index (χ3n) is 4.73. The number of aliphatic hydroxyl groups is 1. The molecule has 0 saturated carbocycles. The summed E-state index contributed by atoms with van der Waals surface area (Å²) in [7, 11) is 0. The van der Waals surface area contributed by atoms with Gasteiger partial charge in [-0.2, -0.15) is 0 Å². The molecule has 0 aliphatic carbocycles. The van der Waals surface area contributed by atoms with Crippen molar-refractivity contribution in [3.05, 3.63) is 41.2 Å². The van der Waals surface area contributed by atoms with Crippen molar-refractivity contribution in [1.29, 1.82) is 5.41 Å². The van der Waals surface area contributed by atoms with Crippen LogP contribution in [-0.2, 0) is 4.74 Å². The molecule has 0 spiro atoms. The highest BCUT2D eigenvalue weighted by Gasteiger charge is 2.35. The minimum Gasteiger partial charge on any atom is -0.444 e. The summed E-state index contributed by atoms with van der Waals surface area (Å²) in [6.07, 6.45) is 2.25. The van der Waals surface area contributed by atoms with Gasteiger partial charge in [-0.05, 0) is 45.9 Å². The SMILES string of the molecule is CC1(O)CN(C(=O)OC(C)(C)C)CCN(c2cccc(Nc3cc(Cl)ncc3C=N)n2)C1. The third kappa shape index (κ3) is 6.30. The minimum atomic E-state index is -1.15. The fraction of sp³-hybridized carbons (Fsp3) is 0.455. The summed E-state index contributed by atoms with van der Waals surface area (Å²) in [5.74, 6) is 1.21. The Labute approximate surface area is 192 Å². The minimum absolute atomic E-state index is 0.161. The maximum Gasteiger partial charge on any atom is 0.410 e. The van der Waals surface area contributed by atoms with Crippen LogP contribution in [0.15, 0.2) is 30.5 Å². The zero-order valence-corrected chi connectivity index (χ0v) is 19.5. The molecule has 3 N–H and O–H groups in total. The molecule has 1 amide bonds. The molecule has 1 atom stereocenters. The largest absolute Gasteiger partial charge is 0.444 e. The lowest BCUT2D eigenvalue weighted by molar-refractivity contribution is -0.000276. The second-order valence-electron chi connectivity index (χ2n) is 9.07. The Balaban J connectivity index is 1.79. The molecule has 2 aromatic rings. The van der Waals surface area contributed by atoms with Crippen LogP contribution in [0.4, 0.5) is 22.1 Å². The quantitative estimate of drug-likeness (QED) is 0.471. The van der Waals surface area contributed by atoms with Gasteiger partial charge < -0.3 is 30.4 Å². The first kappa shape index (κ1) is 23.7. The molecule has 1 unspecified atom stereocenters. The predicted molar refractivity (Wildman–Crippen MR) is 125 cm³/mol. The molecule has 1 aliphatic heterocycles. The first-order valence-corrected chi connectivity index (χ1v) is 10.7. The van der Waals surface area contributed by atoms with Crippen molar-refractivity contribution in [2.24, 2.45) is 0 Å². The molecule has 1 fully saturated rings. The molecule has 1 aliphatic rings. The molecule has 3 rings (SSSR count). The van der Waals surface area contributed by atoms with Crippen molar-refractivity contribution >= 4 is 41.2 Å². The second kappa shape index (κ2) is 9.30. The van der Waals surface area contributed by atoms with Crippen molar-refractivity contribution in [2.75, 3.05) is 36.4 Å². The Hall–Kier alpha value is -2.91. The number of ether oxygens (including phenoxy) is 1. The van der Waals surface area contributed by atoms with Gasteiger partial charge in [0, 0.05) is 37.6 Å². The maximum atomic E-state index is 12.6. The van der Waals surface area contributed by atoms with Gasteiger partial charge in [0.1, 0.15) is 22.4 Å². The molecule has 1 saturated heterocycles. The number of nitrogens with one attached hydrogen (secondary N) is 2. The number of pyridine rings is 2. The fourth-order valence-corrected chi connectivity index (χ4v) is 3.58. The number of hydrogen-bond acceptors (Lipinski definition) is 8. The van der Waals surface area contributed by atoms with E-state index in [-0.39, 0.29) is 6.54 Å². The second-order valence-corrected chi connectivity index (χ2v) is 9.45. The highest BCUT2D eigenvalue weighted by atomic mass is 35.5. The van der Waals surface area contributed by atoms with Crippen LogP contribution in [0.1, 0.15) is 33.3 Å². The number of β-amino-alcohol motifs (C(OH)–C–C–N with tert-alkyl or cyclic N) is 1. The molecular formula is C22H29ClN6O3. The number of rotatable bonds is 4. The van der Waals surface area contributed by atoms with Crippen LogP contribution in [0.2, 0.25) is 5.15 Å². The van der Waals surface area contributed by atoms with Crippen LogP contribution in [0.3, 0.4) is 0 Å². The topological polar surface area (TPSA) is 115 Å². The summed E-state index contributed by atoms with van der Waals surface area (Å²) in [5.41, 5.74) is -0.567. The Morgan fingerprint density at radius 3 is 2.78 bits per heavy atom. The Bertz CT molecular complexity index is 992. The standard InChI is InChI=1S/C22H29ClN6O3/c1-21(2,3)32-20(30)29-9-8-28(13-22(4,31)14-29)19-7-5-6-18(27-19)26-16-10-17(23)25-12-15(16)11-24/h5-7,10-12,24,31H,8-9,13-14H2,1-4H3,(H,25,26,27). The van der Waals surface area contributed by atoms with E-state index >= 15 is 0 Å². The van der Waals surface area contributed by atoms with Crippen molar-refractivity contribution in [3.63, 3.8) is 0 Å². The lowest BCUT2D eigenvalue weighted by Gasteiger charge is -2.31. The van der Waals surface area contributed by atoms with Crippen LogP contribution in [0.25, 0.3) is 0 Å². The van der Waals surface area contributed by atoms with E-state index in [1.165, 1.54) is 17.3 Å². The Morgan fingerprint density at radius 1 is 1.34 bits per heavy atom. The normalized spacial score (nSPS) is 19.3. The van der Waals surface area contributed by atoms with E-state index < -0.39 is 17.3 Å². The van der Waals surface area contributed by atoms with Gasteiger partial charge >= 0.3 is 6.09 Å². The summed E-state index contributed by atoms with van der Waals surface area (Å²) in [6, 6.07) is 7.13. The number of anilines is 3. The zero-order valence-electron chi connectivity index (χ0n) is 18.7. The molecule has 0 aromatic carbocycles. The van der Waals surface area contributed by atoms with Crippen LogP contribution >= 0.6 is 11.6 Å². The van der Waals surface area contributed by atoms with Gasteiger partial charge in [-0.1, -0.05) is 17.7 Å². The smallest absolute Gasteiger partial charge is 0.410 e. The summed E-state index contributed by atoms with van der Waals surface area (Å²) in [5, 5.41) is 22.0. The Kier molecular flexibility index (Phi) is 6.90. The lowest BCUT2D eigenvalue weighted by atomic mass is 10.1. The maximum absolute atomic E-state index is 12.6. The van der Waals surface area contributed by atoms with Gasteiger partial charge in [-0.15, -0.1) is 0 Å². The number of nitrogens with zero attached hydrogens (tertiary/aromatic N) is 4. The average Bonchev–Trinajstić information content (AvgIpc) is 2.85. The number of halogens is 1. The molecule has 0 bridgehead atoms. The predicted octanol–water partition coefficient (Wildman–Crippen LogP) is 3.68. The highest BCUT2D eigenvalue weighted by molar-refractivity contribution is 6.29. The van der Waals surface area contributed by atoms with Crippen LogP contribution in [-0.4, -0.2) is 69.7 Å². The number of amides is 1. The van der Waals surface area contributed by atoms with Crippen LogP contribution in [0, 0.1) is 5.41 Å². The third-order valence-corrected chi connectivity index (χ3v) is 4.94. The van der Waals surface area contributed by atoms with Crippen molar-refractivity contribution < 1.29 is 14.6 Å². The van der Waals surface area contributed by atoms with Gasteiger partial charge in [0.05, 0.1) is 17.8 Å². The van der Waals surface area contributed by atoms with Gasteiger partial charge in [0.2, 0.25) is 0 Å². The van der Waals surface area contributed by atoms with Gasteiger partial charge in [0.15, 0.2) is 0 Å². The fourth-order valence-electron chi connectivity index (χ4n) is 3.42. The van der Waals surface area contributed by atoms with Gasteiger partial charge in [-0.3, -0.25) is 0 Å². The summed E-state index contributed by atoms with van der Waals surface area (Å²) < 4.78 is 5.48. The number of aromatic nitrogens is 2. The number of carbonyl (C=O) groups is 1. The monoisotopic (exact) mass is 460 g/mol. The van der Waals surface area contributed by atoms with Crippen molar-refractivity contribution in [3.8, 4) is 0 Å². The van der Waals surface area contributed by atoms with E-state index in [0.717, 1.165) is 0 Å². The molecule has 0 radical (unpaired) electrons. The van der Waals surface area contributed by atoms with Crippen molar-refractivity contribution in [1.82, 2.24) is 14.9 Å². The number of carbonyl (C=O) groups excluding carboxylic acids is 1. The molecule has 10 heteroatoms. The molecule has 32 heavy (non-hydrogen) atoms. The van der Waals surface area contributed by atoms with Crippen molar-refractivity contribution in [2.45, 2.75) is 38.9 Å². The van der Waals surface area contributed by atoms with Crippen LogP contribution < -0.4 is 10.2 Å². The lowest BCUT2D eigenvalue weighted by Crippen LogP contribution is -2.47. The van der Waals surface area contributed by atoms with Crippen LogP contribution in [0.5, 0.6) is 0 Å². The zero-order chi connectivity index (χ0) is 23.5. The van der Waals surface area contributed by atoms with E-state index in [1.54, 1.807) is 19.1 Å². The molecular weight excluding hydrogens is 432 g/mol. The molecule has 3 heterocycles. The van der Waals surface area contributed by atoms with Gasteiger partial charge in [-0.25, -0.2) is 14.8 Å². The summed E-state index contributed by atoms with van der Waals surface area (Å²) >= 11 is 6.00. The number of hydrogen-bond donors (Lipinski definition) is 3. The summed E-state index contributed by atoms with van der Waals surface area (Å²) in [6.45, 7) is 8.48. The molecule has 2 aromatic heterocycles.